The van der Waals surface area contributed by atoms with Crippen LogP contribution in [0.15, 0.2) is 24.5 Å². The molecule has 0 atom stereocenters. The Labute approximate surface area is 106 Å². The molecule has 1 N–H and O–H groups in total. The van der Waals surface area contributed by atoms with Gasteiger partial charge in [0.05, 0.1) is 11.1 Å². The lowest BCUT2D eigenvalue weighted by Crippen LogP contribution is -2.38. The lowest BCUT2D eigenvalue weighted by molar-refractivity contribution is 0.0421. The molecule has 0 saturated carbocycles. The topological polar surface area (TPSA) is 51.2 Å². The van der Waals surface area contributed by atoms with Crippen molar-refractivity contribution in [2.24, 2.45) is 0 Å². The van der Waals surface area contributed by atoms with Gasteiger partial charge in [0, 0.05) is 12.4 Å². The molecule has 1 aromatic heterocycles. The van der Waals surface area contributed by atoms with E-state index in [1.165, 1.54) is 0 Å². The van der Waals surface area contributed by atoms with E-state index in [4.69, 9.17) is 16.5 Å². The number of nitrogens with one attached hydrogen (secondary N) is 1. The number of hydrogen-bond acceptors (Lipinski definition) is 4. The summed E-state index contributed by atoms with van der Waals surface area (Å²) in [7, 11) is 0. The van der Waals surface area contributed by atoms with Crippen LogP contribution in [0, 0.1) is 0 Å². The molecule has 1 rings (SSSR count). The highest BCUT2D eigenvalue weighted by Gasteiger charge is 2.19. The number of aromatic nitrogens is 1. The number of esters is 1. The van der Waals surface area contributed by atoms with Crippen molar-refractivity contribution in [1.82, 2.24) is 9.82 Å². The second-order valence-electron chi connectivity index (χ2n) is 3.79. The molecular weight excluding hydrogens is 251 g/mol. The predicted molar refractivity (Wildman–Crippen MR) is 64.8 cm³/mol. The minimum atomic E-state index is -0.440. The van der Waals surface area contributed by atoms with Gasteiger partial charge in [-0.15, -0.1) is 12.4 Å². The normalized spacial score (nSPS) is 10.4. The fourth-order valence-corrected chi connectivity index (χ4v) is 0.899. The molecule has 1 heterocycles. The van der Waals surface area contributed by atoms with Crippen LogP contribution in [0.4, 0.5) is 0 Å². The minimum absolute atomic E-state index is 0. The fourth-order valence-electron chi connectivity index (χ4n) is 0.845. The molecule has 90 valence electrons. The molecule has 1 aromatic rings. The van der Waals surface area contributed by atoms with Crippen molar-refractivity contribution in [3.63, 3.8) is 0 Å². The zero-order valence-electron chi connectivity index (χ0n) is 9.07. The van der Waals surface area contributed by atoms with Gasteiger partial charge in [-0.3, -0.25) is 4.98 Å². The number of carbonyl (C=O) groups excluding carboxylic acids is 1. The Balaban J connectivity index is 0.00000225. The summed E-state index contributed by atoms with van der Waals surface area (Å²) in [6.07, 6.45) is 3.09. The summed E-state index contributed by atoms with van der Waals surface area (Å²) < 4.78 is 5.07. The lowest BCUT2D eigenvalue weighted by atomic mass is 10.1. The molecular formula is C10H14Cl2N2O2. The Morgan fingerprint density at radius 3 is 2.56 bits per heavy atom. The Morgan fingerprint density at radius 2 is 2.06 bits per heavy atom. The van der Waals surface area contributed by atoms with Crippen molar-refractivity contribution in [1.29, 1.82) is 0 Å². The summed E-state index contributed by atoms with van der Waals surface area (Å²) in [4.78, 5) is 17.8. The van der Waals surface area contributed by atoms with E-state index in [0.29, 0.717) is 5.56 Å². The first kappa shape index (κ1) is 15.2. The Morgan fingerprint density at radius 1 is 1.50 bits per heavy atom. The second kappa shape index (κ2) is 6.68. The molecule has 0 unspecified atom stereocenters. The van der Waals surface area contributed by atoms with Crippen molar-refractivity contribution in [2.75, 3.05) is 6.61 Å². The Kier molecular flexibility index (Phi) is 6.33. The summed E-state index contributed by atoms with van der Waals surface area (Å²) >= 11 is 5.47. The van der Waals surface area contributed by atoms with Gasteiger partial charge < -0.3 is 4.74 Å². The predicted octanol–water partition coefficient (Wildman–Crippen LogP) is 2.18. The SMILES string of the molecule is CC(C)(COC(=O)c1ccncc1)NCl.Cl. The van der Waals surface area contributed by atoms with Crippen LogP contribution in [-0.4, -0.2) is 23.1 Å². The molecule has 0 fully saturated rings. The molecule has 4 nitrogen and oxygen atoms in total. The number of ether oxygens (including phenoxy) is 1. The van der Waals surface area contributed by atoms with Crippen LogP contribution in [0.25, 0.3) is 0 Å². The van der Waals surface area contributed by atoms with Crippen molar-refractivity contribution in [2.45, 2.75) is 19.4 Å². The number of pyridine rings is 1. The largest absolute Gasteiger partial charge is 0.460 e. The van der Waals surface area contributed by atoms with Crippen LogP contribution in [0.5, 0.6) is 0 Å². The van der Waals surface area contributed by atoms with Gasteiger partial charge in [0.25, 0.3) is 0 Å². The summed E-state index contributed by atoms with van der Waals surface area (Å²) in [6.45, 7) is 3.87. The van der Waals surface area contributed by atoms with E-state index in [0.717, 1.165) is 0 Å². The third kappa shape index (κ3) is 4.79. The highest BCUT2D eigenvalue weighted by atomic mass is 35.5. The summed E-state index contributed by atoms with van der Waals surface area (Å²) in [6, 6.07) is 3.20. The average molecular weight is 265 g/mol. The Hall–Kier alpha value is -0.840. The molecule has 6 heteroatoms. The van der Waals surface area contributed by atoms with Crippen LogP contribution in [-0.2, 0) is 4.74 Å². The minimum Gasteiger partial charge on any atom is -0.460 e. The third-order valence-electron chi connectivity index (χ3n) is 1.74. The summed E-state index contributed by atoms with van der Waals surface area (Å²) in [5.74, 6) is -0.377. The van der Waals surface area contributed by atoms with Crippen LogP contribution in [0.1, 0.15) is 24.2 Å². The Bertz CT molecular complexity index is 331. The third-order valence-corrected chi connectivity index (χ3v) is 2.25. The molecule has 0 aromatic carbocycles. The van der Waals surface area contributed by atoms with Gasteiger partial charge in [-0.05, 0) is 37.8 Å². The number of carbonyl (C=O) groups is 1. The molecule has 0 saturated heterocycles. The molecule has 16 heavy (non-hydrogen) atoms. The summed E-state index contributed by atoms with van der Waals surface area (Å²) in [5.41, 5.74) is 0.0416. The quantitative estimate of drug-likeness (QED) is 0.669. The van der Waals surface area contributed by atoms with E-state index >= 15 is 0 Å². The number of hydrogen-bond donors (Lipinski definition) is 1. The first-order chi connectivity index (χ1) is 7.05. The lowest BCUT2D eigenvalue weighted by Gasteiger charge is -2.21. The van der Waals surface area contributed by atoms with Gasteiger partial charge in [-0.25, -0.2) is 9.63 Å². The highest BCUT2D eigenvalue weighted by Crippen LogP contribution is 2.06. The van der Waals surface area contributed by atoms with E-state index in [1.807, 2.05) is 13.8 Å². The molecule has 0 spiro atoms. The van der Waals surface area contributed by atoms with E-state index < -0.39 is 5.54 Å². The standard InChI is InChI=1S/C10H13ClN2O2.ClH/c1-10(2,13-11)7-15-9(14)8-3-5-12-6-4-8;/h3-6,13H,7H2,1-2H3;1H. The maximum absolute atomic E-state index is 11.5. The van der Waals surface area contributed by atoms with E-state index in [1.54, 1.807) is 24.5 Å². The van der Waals surface area contributed by atoms with Crippen LogP contribution in [0.2, 0.25) is 0 Å². The molecule has 0 aliphatic rings. The maximum atomic E-state index is 11.5. The zero-order chi connectivity index (χ0) is 11.3. The van der Waals surface area contributed by atoms with Gasteiger partial charge >= 0.3 is 5.97 Å². The van der Waals surface area contributed by atoms with Gasteiger partial charge in [0.15, 0.2) is 0 Å². The van der Waals surface area contributed by atoms with Gasteiger partial charge in [-0.2, -0.15) is 0 Å². The van der Waals surface area contributed by atoms with E-state index in [-0.39, 0.29) is 25.0 Å². The molecule has 0 aliphatic heterocycles. The monoisotopic (exact) mass is 264 g/mol. The number of halogens is 2. The first-order valence-corrected chi connectivity index (χ1v) is 4.88. The van der Waals surface area contributed by atoms with Gasteiger partial charge in [0.2, 0.25) is 0 Å². The van der Waals surface area contributed by atoms with E-state index in [9.17, 15) is 4.79 Å². The first-order valence-electron chi connectivity index (χ1n) is 4.50. The molecule has 0 bridgehead atoms. The van der Waals surface area contributed by atoms with Crippen LogP contribution >= 0.6 is 24.2 Å². The van der Waals surface area contributed by atoms with Crippen molar-refractivity contribution >= 4 is 30.2 Å². The van der Waals surface area contributed by atoms with Crippen molar-refractivity contribution in [3.8, 4) is 0 Å². The molecule has 0 aliphatic carbocycles. The number of rotatable bonds is 4. The van der Waals surface area contributed by atoms with Gasteiger partial charge in [-0.1, -0.05) is 0 Å². The maximum Gasteiger partial charge on any atom is 0.338 e. The fraction of sp³-hybridized carbons (Fsp3) is 0.400. The summed E-state index contributed by atoms with van der Waals surface area (Å²) in [5, 5.41) is 0. The van der Waals surface area contributed by atoms with Crippen molar-refractivity contribution in [3.05, 3.63) is 30.1 Å². The van der Waals surface area contributed by atoms with Crippen molar-refractivity contribution < 1.29 is 9.53 Å². The zero-order valence-corrected chi connectivity index (χ0v) is 10.6. The average Bonchev–Trinajstić information content (AvgIpc) is 2.27. The number of nitrogens with zero attached hydrogens (tertiary/aromatic N) is 1. The highest BCUT2D eigenvalue weighted by molar-refractivity contribution is 6.13. The van der Waals surface area contributed by atoms with Gasteiger partial charge in [0.1, 0.15) is 6.61 Å². The smallest absolute Gasteiger partial charge is 0.338 e. The van der Waals surface area contributed by atoms with Crippen LogP contribution in [0.3, 0.4) is 0 Å². The van der Waals surface area contributed by atoms with E-state index in [2.05, 4.69) is 9.82 Å². The molecule has 0 radical (unpaired) electrons. The van der Waals surface area contributed by atoms with Crippen LogP contribution < -0.4 is 4.84 Å². The molecule has 0 amide bonds. The second-order valence-corrected chi connectivity index (χ2v) is 3.98.